The summed E-state index contributed by atoms with van der Waals surface area (Å²) in [6.45, 7) is 21.3. The highest BCUT2D eigenvalue weighted by molar-refractivity contribution is 5.88. The van der Waals surface area contributed by atoms with Crippen LogP contribution in [-0.2, 0) is 12.8 Å². The largest absolute Gasteiger partial charge is 0.0617 e. The summed E-state index contributed by atoms with van der Waals surface area (Å²) in [4.78, 5) is 0. The van der Waals surface area contributed by atoms with E-state index < -0.39 is 0 Å². The van der Waals surface area contributed by atoms with Crippen LogP contribution in [0.15, 0.2) is 158 Å². The summed E-state index contributed by atoms with van der Waals surface area (Å²) in [6, 6.07) is 55.9. The summed E-state index contributed by atoms with van der Waals surface area (Å²) in [7, 11) is 0. The number of hydrogen-bond acceptors (Lipinski definition) is 0. The van der Waals surface area contributed by atoms with Gasteiger partial charge in [-0.25, -0.2) is 0 Å². The summed E-state index contributed by atoms with van der Waals surface area (Å²) in [6.07, 6.45) is 2.17. The van der Waals surface area contributed by atoms with Gasteiger partial charge in [-0.15, -0.1) is 0 Å². The lowest BCUT2D eigenvalue weighted by Gasteiger charge is -2.03. The Kier molecular flexibility index (Phi) is 17.4. The third-order valence-electron chi connectivity index (χ3n) is 8.89. The molecule has 0 atom stereocenters. The Bertz CT molecular complexity index is 1920. The monoisotopic (exact) mass is 684 g/mol. The highest BCUT2D eigenvalue weighted by Gasteiger charge is 1.97. The molecule has 0 spiro atoms. The van der Waals surface area contributed by atoms with E-state index in [1.54, 1.807) is 0 Å². The topological polar surface area (TPSA) is 0 Å². The van der Waals surface area contributed by atoms with Crippen molar-refractivity contribution >= 4 is 10.8 Å². The van der Waals surface area contributed by atoms with Gasteiger partial charge in [0.25, 0.3) is 0 Å². The Morgan fingerprint density at radius 3 is 0.923 bits per heavy atom. The molecule has 52 heavy (non-hydrogen) atoms. The first kappa shape index (κ1) is 41.2. The van der Waals surface area contributed by atoms with E-state index in [-0.39, 0.29) is 0 Å². The van der Waals surface area contributed by atoms with Crippen LogP contribution in [-0.4, -0.2) is 0 Å². The Labute approximate surface area is 316 Å². The fraction of sp³-hybridized carbons (Fsp3) is 0.231. The fourth-order valence-corrected chi connectivity index (χ4v) is 5.65. The van der Waals surface area contributed by atoms with Crippen LogP contribution in [0.5, 0.6) is 0 Å². The minimum absolute atomic E-state index is 1.03. The SMILES string of the molecule is CCc1cccc(C)c1.Cc1ccc(C)cc1.Cc1ccc(Cc2ccc(C)cc2)cc1.Cc1cccc(C)c1.Cc1cccc2c(C)cccc12. The molecule has 7 aromatic rings. The Morgan fingerprint density at radius 2 is 0.615 bits per heavy atom. The summed E-state index contributed by atoms with van der Waals surface area (Å²) < 4.78 is 0. The molecule has 0 heteroatoms. The van der Waals surface area contributed by atoms with Crippen LogP contribution in [0.1, 0.15) is 73.7 Å². The minimum Gasteiger partial charge on any atom is -0.0617 e. The van der Waals surface area contributed by atoms with Gasteiger partial charge in [-0.1, -0.05) is 204 Å². The smallest absolute Gasteiger partial charge is 0.00258 e. The number of fused-ring (bicyclic) bond motifs is 1. The van der Waals surface area contributed by atoms with Crippen molar-refractivity contribution < 1.29 is 0 Å². The Morgan fingerprint density at radius 1 is 0.288 bits per heavy atom. The van der Waals surface area contributed by atoms with Gasteiger partial charge in [0, 0.05) is 0 Å². The van der Waals surface area contributed by atoms with Gasteiger partial charge in [-0.2, -0.15) is 0 Å². The van der Waals surface area contributed by atoms with Crippen LogP contribution in [0.3, 0.4) is 0 Å². The highest BCUT2D eigenvalue weighted by atomic mass is 14.0. The predicted octanol–water partition coefficient (Wildman–Crippen LogP) is 14.5. The number of benzene rings is 7. The standard InChI is InChI=1S/C15H16.C12H12.C9H12.2C8H10/c1-12-3-7-14(8-4-12)11-15-9-5-13(2)6-10-15;1-9-5-3-8-12-10(2)6-4-7-11(9)12;1-3-9-6-4-5-8(2)7-9;1-7-3-5-8(2)6-4-7;1-7-4-3-5-8(2)6-7/h3-10H,11H2,1-2H3;3-8H,1-2H3;4-7H,3H2,1-2H3;2*3-6H,1-2H3. The summed E-state index contributed by atoms with van der Waals surface area (Å²) >= 11 is 0. The van der Waals surface area contributed by atoms with E-state index in [1.165, 1.54) is 77.5 Å². The van der Waals surface area contributed by atoms with Gasteiger partial charge in [0.15, 0.2) is 0 Å². The second-order valence-electron chi connectivity index (χ2n) is 14.0. The van der Waals surface area contributed by atoms with Gasteiger partial charge >= 0.3 is 0 Å². The van der Waals surface area contributed by atoms with E-state index >= 15 is 0 Å². The molecule has 0 bridgehead atoms. The Balaban J connectivity index is 0.000000180. The van der Waals surface area contributed by atoms with Crippen molar-refractivity contribution in [1.29, 1.82) is 0 Å². The molecule has 0 fully saturated rings. The molecule has 0 radical (unpaired) electrons. The number of aryl methyl sites for hydroxylation is 10. The Hall–Kier alpha value is -5.20. The van der Waals surface area contributed by atoms with Crippen molar-refractivity contribution in [2.24, 2.45) is 0 Å². The zero-order valence-electron chi connectivity index (χ0n) is 33.4. The lowest BCUT2D eigenvalue weighted by atomic mass is 10.0. The molecule has 0 N–H and O–H groups in total. The van der Waals surface area contributed by atoms with Gasteiger partial charge < -0.3 is 0 Å². The number of hydrogen-bond donors (Lipinski definition) is 0. The van der Waals surface area contributed by atoms with Gasteiger partial charge in [-0.05, 0) is 114 Å². The van der Waals surface area contributed by atoms with Crippen molar-refractivity contribution in [3.05, 3.63) is 224 Å². The van der Waals surface area contributed by atoms with E-state index in [9.17, 15) is 0 Å². The molecule has 268 valence electrons. The van der Waals surface area contributed by atoms with Crippen LogP contribution >= 0.6 is 0 Å². The van der Waals surface area contributed by atoms with E-state index in [2.05, 4.69) is 227 Å². The lowest BCUT2D eigenvalue weighted by Crippen LogP contribution is -1.88. The van der Waals surface area contributed by atoms with Gasteiger partial charge in [0.1, 0.15) is 0 Å². The maximum atomic E-state index is 2.22. The predicted molar refractivity (Wildman–Crippen MR) is 231 cm³/mol. The molecule has 0 aliphatic carbocycles. The normalized spacial score (nSPS) is 9.88. The van der Waals surface area contributed by atoms with Gasteiger partial charge in [0.2, 0.25) is 0 Å². The molecule has 0 amide bonds. The summed E-state index contributed by atoms with van der Waals surface area (Å²) in [5.41, 5.74) is 16.2. The molecule has 7 aromatic carbocycles. The molecule has 0 unspecified atom stereocenters. The van der Waals surface area contributed by atoms with Crippen LogP contribution in [0.4, 0.5) is 0 Å². The molecular weight excluding hydrogens is 625 g/mol. The lowest BCUT2D eigenvalue weighted by molar-refractivity contribution is 1.13. The van der Waals surface area contributed by atoms with Crippen molar-refractivity contribution in [3.63, 3.8) is 0 Å². The van der Waals surface area contributed by atoms with Crippen LogP contribution in [0.2, 0.25) is 0 Å². The summed E-state index contributed by atoms with van der Waals surface area (Å²) in [5, 5.41) is 2.75. The molecule has 0 saturated heterocycles. The average Bonchev–Trinajstić information content (AvgIpc) is 3.13. The zero-order valence-corrected chi connectivity index (χ0v) is 33.4. The van der Waals surface area contributed by atoms with Gasteiger partial charge in [0.05, 0.1) is 0 Å². The summed E-state index contributed by atoms with van der Waals surface area (Å²) in [5.74, 6) is 0. The third-order valence-corrected chi connectivity index (χ3v) is 8.89. The van der Waals surface area contributed by atoms with Crippen molar-refractivity contribution in [3.8, 4) is 0 Å². The van der Waals surface area contributed by atoms with E-state index in [0.717, 1.165) is 12.8 Å². The quantitative estimate of drug-likeness (QED) is 0.174. The molecule has 0 aromatic heterocycles. The fourth-order valence-electron chi connectivity index (χ4n) is 5.65. The second-order valence-corrected chi connectivity index (χ2v) is 14.0. The molecule has 0 aliphatic rings. The first-order valence-corrected chi connectivity index (χ1v) is 18.6. The van der Waals surface area contributed by atoms with Crippen LogP contribution < -0.4 is 0 Å². The molecule has 0 saturated carbocycles. The average molecular weight is 685 g/mol. The van der Waals surface area contributed by atoms with Crippen molar-refractivity contribution in [1.82, 2.24) is 0 Å². The molecule has 0 nitrogen and oxygen atoms in total. The number of rotatable bonds is 3. The minimum atomic E-state index is 1.03. The molecule has 0 heterocycles. The molecule has 0 aliphatic heterocycles. The third kappa shape index (κ3) is 15.4. The zero-order chi connectivity index (χ0) is 37.9. The molecular formula is C52H60. The van der Waals surface area contributed by atoms with Crippen LogP contribution in [0.25, 0.3) is 10.8 Å². The second kappa shape index (κ2) is 21.9. The highest BCUT2D eigenvalue weighted by Crippen LogP contribution is 2.20. The molecule has 7 rings (SSSR count). The van der Waals surface area contributed by atoms with Gasteiger partial charge in [-0.3, -0.25) is 0 Å². The van der Waals surface area contributed by atoms with E-state index in [0.29, 0.717) is 0 Å². The first-order chi connectivity index (χ1) is 24.9. The van der Waals surface area contributed by atoms with Crippen LogP contribution in [0, 0.1) is 62.3 Å². The maximum Gasteiger partial charge on any atom is -0.00258 e. The van der Waals surface area contributed by atoms with E-state index in [4.69, 9.17) is 0 Å². The van der Waals surface area contributed by atoms with Crippen molar-refractivity contribution in [2.45, 2.75) is 82.1 Å². The maximum absolute atomic E-state index is 2.22. The van der Waals surface area contributed by atoms with E-state index in [1.807, 2.05) is 0 Å². The van der Waals surface area contributed by atoms with Crippen molar-refractivity contribution in [2.75, 3.05) is 0 Å². The first-order valence-electron chi connectivity index (χ1n) is 18.6.